The minimum atomic E-state index is -1.18. The fraction of sp³-hybridized carbons (Fsp3) is 0.720. The second-order valence-corrected chi connectivity index (χ2v) is 18.1. The molecule has 2 fully saturated rings. The van der Waals surface area contributed by atoms with Gasteiger partial charge in [0.05, 0.1) is 5.69 Å². The number of amides is 1. The summed E-state index contributed by atoms with van der Waals surface area (Å²) in [4.78, 5) is 31.7. The van der Waals surface area contributed by atoms with Crippen molar-refractivity contribution in [1.29, 1.82) is 0 Å². The van der Waals surface area contributed by atoms with E-state index in [4.69, 9.17) is 9.47 Å². The molecular weight excluding hydrogens is 450 g/mol. The predicted octanol–water partition coefficient (Wildman–Crippen LogP) is 4.17. The first-order valence-electron chi connectivity index (χ1n) is 12.1. The number of likely N-dealkylation sites (tertiary alicyclic amines) is 1. The number of rotatable bonds is 10. The van der Waals surface area contributed by atoms with Crippen LogP contribution in [0.25, 0.3) is 0 Å². The molecule has 2 N–H and O–H groups in total. The van der Waals surface area contributed by atoms with E-state index < -0.39 is 31.5 Å². The van der Waals surface area contributed by atoms with Gasteiger partial charge in [-0.2, -0.15) is 0 Å². The number of nitrogens with zero attached hydrogens (tertiary/aromatic N) is 2. The van der Waals surface area contributed by atoms with Gasteiger partial charge in [-0.25, -0.2) is 9.78 Å². The molecular formula is C25H41N3O5Si. The van der Waals surface area contributed by atoms with Gasteiger partial charge in [0.25, 0.3) is 0 Å². The topological polar surface area (TPSA) is 101 Å². The van der Waals surface area contributed by atoms with Crippen LogP contribution >= 0.6 is 0 Å². The first-order valence-corrected chi connectivity index (χ1v) is 15.8. The summed E-state index contributed by atoms with van der Waals surface area (Å²) in [6.07, 6.45) is 1.63. The molecule has 1 unspecified atom stereocenters. The maximum atomic E-state index is 13.7. The van der Waals surface area contributed by atoms with Crippen LogP contribution in [-0.4, -0.2) is 67.0 Å². The van der Waals surface area contributed by atoms with Crippen molar-refractivity contribution < 1.29 is 24.2 Å². The number of hydrogen-bond donors (Lipinski definition) is 2. The van der Waals surface area contributed by atoms with Crippen molar-refractivity contribution in [2.24, 2.45) is 22.7 Å². The number of anilines is 1. The zero-order chi connectivity index (χ0) is 25.5. The van der Waals surface area contributed by atoms with Crippen molar-refractivity contribution in [2.45, 2.75) is 72.4 Å². The van der Waals surface area contributed by atoms with Gasteiger partial charge in [-0.05, 0) is 34.9 Å². The van der Waals surface area contributed by atoms with Crippen molar-refractivity contribution in [2.75, 3.05) is 25.3 Å². The predicted molar refractivity (Wildman–Crippen MR) is 135 cm³/mol. The van der Waals surface area contributed by atoms with Crippen molar-refractivity contribution in [1.82, 2.24) is 9.88 Å². The van der Waals surface area contributed by atoms with E-state index in [0.717, 1.165) is 6.04 Å². The zero-order valence-corrected chi connectivity index (χ0v) is 22.8. The monoisotopic (exact) mass is 491 g/mol. The van der Waals surface area contributed by atoms with Crippen LogP contribution in [0.15, 0.2) is 18.3 Å². The highest BCUT2D eigenvalue weighted by molar-refractivity contribution is 6.76. The average Bonchev–Trinajstić information content (AvgIpc) is 3.06. The van der Waals surface area contributed by atoms with Gasteiger partial charge in [0.15, 0.2) is 6.79 Å². The second kappa shape index (κ2) is 9.49. The second-order valence-electron chi connectivity index (χ2n) is 12.5. The van der Waals surface area contributed by atoms with Gasteiger partial charge >= 0.3 is 5.97 Å². The number of ether oxygens (including phenoxy) is 2. The minimum Gasteiger partial charge on any atom is -0.480 e. The Kier molecular flexibility index (Phi) is 7.39. The fourth-order valence-electron chi connectivity index (χ4n) is 4.92. The van der Waals surface area contributed by atoms with Crippen LogP contribution in [0.1, 0.15) is 34.6 Å². The maximum Gasteiger partial charge on any atom is 0.326 e. The summed E-state index contributed by atoms with van der Waals surface area (Å²) < 4.78 is 11.4. The van der Waals surface area contributed by atoms with Gasteiger partial charge in [0.1, 0.15) is 12.1 Å². The highest BCUT2D eigenvalue weighted by Crippen LogP contribution is 2.65. The van der Waals surface area contributed by atoms with Crippen molar-refractivity contribution in [3.63, 3.8) is 0 Å². The van der Waals surface area contributed by atoms with Gasteiger partial charge in [-0.3, -0.25) is 4.79 Å². The van der Waals surface area contributed by atoms with Crippen LogP contribution in [0.3, 0.4) is 0 Å². The molecule has 1 saturated carbocycles. The third-order valence-electron chi connectivity index (χ3n) is 7.20. The number of carbonyl (C=O) groups is 2. The number of fused-ring (bicyclic) bond motifs is 1. The molecule has 1 aliphatic heterocycles. The molecule has 2 aliphatic rings. The maximum absolute atomic E-state index is 13.7. The van der Waals surface area contributed by atoms with E-state index in [9.17, 15) is 14.7 Å². The Balaban J connectivity index is 1.72. The van der Waals surface area contributed by atoms with Crippen LogP contribution in [0.5, 0.6) is 5.88 Å². The summed E-state index contributed by atoms with van der Waals surface area (Å²) in [6, 6.07) is 3.20. The van der Waals surface area contributed by atoms with Gasteiger partial charge in [-0.1, -0.05) is 54.3 Å². The number of pyridine rings is 1. The zero-order valence-electron chi connectivity index (χ0n) is 21.8. The van der Waals surface area contributed by atoms with Crippen LogP contribution in [0, 0.1) is 22.7 Å². The Morgan fingerprint density at radius 2 is 2.00 bits per heavy atom. The van der Waals surface area contributed by atoms with E-state index in [0.29, 0.717) is 24.7 Å². The van der Waals surface area contributed by atoms with Crippen LogP contribution in [0.2, 0.25) is 25.7 Å². The van der Waals surface area contributed by atoms with Crippen molar-refractivity contribution in [3.05, 3.63) is 18.3 Å². The lowest BCUT2D eigenvalue weighted by atomic mass is 9.85. The Morgan fingerprint density at radius 1 is 1.32 bits per heavy atom. The summed E-state index contributed by atoms with van der Waals surface area (Å²) in [5.41, 5.74) is 0.0781. The summed E-state index contributed by atoms with van der Waals surface area (Å²) in [6.45, 7) is 18.2. The highest BCUT2D eigenvalue weighted by atomic mass is 28.3. The molecule has 0 aromatic carbocycles. The first-order chi connectivity index (χ1) is 15.6. The summed E-state index contributed by atoms with van der Waals surface area (Å²) in [5, 5.41) is 13.2. The highest BCUT2D eigenvalue weighted by Gasteiger charge is 2.70. The lowest BCUT2D eigenvalue weighted by molar-refractivity contribution is -0.151. The number of hydrogen-bond acceptors (Lipinski definition) is 6. The Morgan fingerprint density at radius 3 is 2.59 bits per heavy atom. The Hall–Kier alpha value is -2.13. The lowest BCUT2D eigenvalue weighted by Gasteiger charge is -2.37. The van der Waals surface area contributed by atoms with Crippen molar-refractivity contribution >= 4 is 25.6 Å². The SMILES string of the molecule is CC(C)(C)C(Nc1cccnc1OCOCC[Si](C)(C)C)C(=O)N1C[C@H]2[C@@H]([C@H]1C(=O)O)C2(C)C. The van der Waals surface area contributed by atoms with E-state index in [-0.39, 0.29) is 30.0 Å². The van der Waals surface area contributed by atoms with Crippen LogP contribution in [0.4, 0.5) is 5.69 Å². The molecule has 2 heterocycles. The van der Waals surface area contributed by atoms with E-state index in [2.05, 4.69) is 43.8 Å². The molecule has 190 valence electrons. The molecule has 1 amide bonds. The number of carboxylic acid groups (broad SMARTS) is 1. The number of carboxylic acids is 1. The summed E-state index contributed by atoms with van der Waals surface area (Å²) in [5.74, 6) is -0.550. The number of aliphatic carboxylic acids is 1. The van der Waals surface area contributed by atoms with Gasteiger partial charge in [-0.15, -0.1) is 0 Å². The molecule has 1 aromatic rings. The van der Waals surface area contributed by atoms with E-state index in [1.165, 1.54) is 0 Å². The molecule has 9 heteroatoms. The summed E-state index contributed by atoms with van der Waals surface area (Å²) in [7, 11) is -1.18. The quantitative estimate of drug-likeness (QED) is 0.288. The summed E-state index contributed by atoms with van der Waals surface area (Å²) >= 11 is 0. The van der Waals surface area contributed by atoms with Crippen LogP contribution in [-0.2, 0) is 14.3 Å². The standard InChI is InChI=1S/C25H41N3O5Si/c1-24(2,3)20(22(29)28-14-16-18(25(16,4)5)19(28)23(30)31)27-17-10-9-11-26-21(17)33-15-32-12-13-34(6,7)8/h9-11,16,18-20,27H,12-15H2,1-8H3,(H,30,31)/t16-,18-,19-,20?/m0/s1. The molecule has 8 nitrogen and oxygen atoms in total. The largest absolute Gasteiger partial charge is 0.480 e. The molecule has 0 radical (unpaired) electrons. The fourth-order valence-corrected chi connectivity index (χ4v) is 5.67. The van der Waals surface area contributed by atoms with Gasteiger partial charge in [0, 0.05) is 33.3 Å². The molecule has 1 aromatic heterocycles. The third kappa shape index (κ3) is 5.74. The molecule has 3 rings (SSSR count). The number of piperidine rings is 1. The van der Waals surface area contributed by atoms with Crippen molar-refractivity contribution in [3.8, 4) is 5.88 Å². The van der Waals surface area contributed by atoms with Gasteiger partial charge in [0.2, 0.25) is 11.8 Å². The number of carbonyl (C=O) groups excluding carboxylic acids is 1. The molecule has 0 spiro atoms. The number of nitrogens with one attached hydrogen (secondary N) is 1. The normalized spacial score (nSPS) is 24.4. The molecule has 1 aliphatic carbocycles. The number of aromatic nitrogens is 1. The molecule has 4 atom stereocenters. The van der Waals surface area contributed by atoms with E-state index in [1.807, 2.05) is 26.8 Å². The molecule has 0 bridgehead atoms. The van der Waals surface area contributed by atoms with E-state index in [1.54, 1.807) is 17.2 Å². The Bertz CT molecular complexity index is 909. The third-order valence-corrected chi connectivity index (χ3v) is 8.91. The lowest BCUT2D eigenvalue weighted by Crippen LogP contribution is -2.54. The van der Waals surface area contributed by atoms with Gasteiger partial charge < -0.3 is 24.8 Å². The molecule has 1 saturated heterocycles. The van der Waals surface area contributed by atoms with Crippen LogP contribution < -0.4 is 10.1 Å². The minimum absolute atomic E-state index is 0.000151. The molecule has 34 heavy (non-hydrogen) atoms. The smallest absolute Gasteiger partial charge is 0.326 e. The average molecular weight is 492 g/mol. The Labute approximate surface area is 204 Å². The van der Waals surface area contributed by atoms with E-state index >= 15 is 0 Å². The first kappa shape index (κ1) is 26.5.